The molecule has 1 unspecified atom stereocenters. The number of unbranched alkanes of at least 4 members (excludes halogenated alkanes) is 1. The fraction of sp³-hybridized carbons (Fsp3) is 0.500. The highest BCUT2D eigenvalue weighted by Crippen LogP contribution is 2.24. The summed E-state index contributed by atoms with van der Waals surface area (Å²) in [6, 6.07) is 9.72. The minimum Gasteiger partial charge on any atom is -0.356 e. The van der Waals surface area contributed by atoms with E-state index in [4.69, 9.17) is 4.52 Å². The van der Waals surface area contributed by atoms with Crippen molar-refractivity contribution in [1.29, 1.82) is 0 Å². The highest BCUT2D eigenvalue weighted by Gasteiger charge is 2.28. The molecular weight excluding hydrogens is 304 g/mol. The molecule has 0 radical (unpaired) electrons. The first-order valence-electron chi connectivity index (χ1n) is 8.69. The first kappa shape index (κ1) is 16.5. The SMILES string of the molecule is CCCCNC(=O)C1CCCN(c2noc(-c3ccccc3)n2)C1. The Kier molecular flexibility index (Phi) is 5.46. The first-order chi connectivity index (χ1) is 11.8. The van der Waals surface area contributed by atoms with Crippen molar-refractivity contribution in [2.24, 2.45) is 5.92 Å². The van der Waals surface area contributed by atoms with E-state index >= 15 is 0 Å². The van der Waals surface area contributed by atoms with Crippen LogP contribution in [-0.2, 0) is 4.79 Å². The molecule has 0 aliphatic carbocycles. The fourth-order valence-corrected chi connectivity index (χ4v) is 2.95. The van der Waals surface area contributed by atoms with Crippen molar-refractivity contribution in [2.45, 2.75) is 32.6 Å². The summed E-state index contributed by atoms with van der Waals surface area (Å²) in [4.78, 5) is 18.8. The number of nitrogens with zero attached hydrogens (tertiary/aromatic N) is 3. The number of benzene rings is 1. The van der Waals surface area contributed by atoms with Crippen LogP contribution in [0.15, 0.2) is 34.9 Å². The molecule has 24 heavy (non-hydrogen) atoms. The molecule has 6 heteroatoms. The quantitative estimate of drug-likeness (QED) is 0.826. The minimum atomic E-state index is -0.00529. The lowest BCUT2D eigenvalue weighted by Crippen LogP contribution is -2.43. The summed E-state index contributed by atoms with van der Waals surface area (Å²) in [5.74, 6) is 1.22. The Labute approximate surface area is 142 Å². The molecule has 1 aliphatic rings. The third-order valence-electron chi connectivity index (χ3n) is 4.34. The lowest BCUT2D eigenvalue weighted by Gasteiger charge is -2.30. The van der Waals surface area contributed by atoms with E-state index in [0.29, 0.717) is 18.4 Å². The molecule has 0 bridgehead atoms. The molecule has 1 aromatic heterocycles. The summed E-state index contributed by atoms with van der Waals surface area (Å²) in [6.45, 7) is 4.37. The van der Waals surface area contributed by atoms with E-state index < -0.39 is 0 Å². The van der Waals surface area contributed by atoms with Gasteiger partial charge in [-0.1, -0.05) is 31.5 Å². The molecule has 3 rings (SSSR count). The van der Waals surface area contributed by atoms with Gasteiger partial charge in [0, 0.05) is 25.2 Å². The number of amides is 1. The molecule has 0 saturated carbocycles. The summed E-state index contributed by atoms with van der Waals surface area (Å²) in [7, 11) is 0. The maximum Gasteiger partial charge on any atom is 0.266 e. The third-order valence-corrected chi connectivity index (χ3v) is 4.34. The van der Waals surface area contributed by atoms with E-state index in [1.54, 1.807) is 0 Å². The fourth-order valence-electron chi connectivity index (χ4n) is 2.95. The van der Waals surface area contributed by atoms with Gasteiger partial charge in [0.15, 0.2) is 0 Å². The van der Waals surface area contributed by atoms with Crippen molar-refractivity contribution >= 4 is 11.9 Å². The Morgan fingerprint density at radius 3 is 3.00 bits per heavy atom. The Balaban J connectivity index is 1.63. The Morgan fingerprint density at radius 1 is 1.38 bits per heavy atom. The number of carbonyl (C=O) groups excluding carboxylic acids is 1. The van der Waals surface area contributed by atoms with Crippen LogP contribution >= 0.6 is 0 Å². The lowest BCUT2D eigenvalue weighted by molar-refractivity contribution is -0.125. The normalized spacial score (nSPS) is 17.7. The maximum atomic E-state index is 12.3. The van der Waals surface area contributed by atoms with Gasteiger partial charge in [0.1, 0.15) is 0 Å². The van der Waals surface area contributed by atoms with Gasteiger partial charge < -0.3 is 14.7 Å². The molecule has 1 saturated heterocycles. The average Bonchev–Trinajstić information content (AvgIpc) is 3.13. The van der Waals surface area contributed by atoms with Gasteiger partial charge in [-0.15, -0.1) is 0 Å². The predicted octanol–water partition coefficient (Wildman–Crippen LogP) is 2.87. The standard InChI is InChI=1S/C18H24N4O2/c1-2-3-11-19-16(23)15-10-7-12-22(13-15)18-20-17(24-21-18)14-8-5-4-6-9-14/h4-6,8-9,15H,2-3,7,10-13H2,1H3,(H,19,23). The molecule has 2 aromatic rings. The number of hydrogen-bond donors (Lipinski definition) is 1. The van der Waals surface area contributed by atoms with E-state index in [1.165, 1.54) is 0 Å². The van der Waals surface area contributed by atoms with E-state index in [9.17, 15) is 4.79 Å². The zero-order valence-electron chi connectivity index (χ0n) is 14.1. The van der Waals surface area contributed by atoms with Crippen molar-refractivity contribution in [2.75, 3.05) is 24.5 Å². The van der Waals surface area contributed by atoms with Crippen LogP contribution in [0.4, 0.5) is 5.95 Å². The molecule has 1 fully saturated rings. The number of piperidine rings is 1. The lowest BCUT2D eigenvalue weighted by atomic mass is 9.97. The monoisotopic (exact) mass is 328 g/mol. The van der Waals surface area contributed by atoms with Crippen molar-refractivity contribution in [3.63, 3.8) is 0 Å². The van der Waals surface area contributed by atoms with Gasteiger partial charge in [0.2, 0.25) is 5.91 Å². The Bertz CT molecular complexity index is 656. The number of aromatic nitrogens is 2. The van der Waals surface area contributed by atoms with Crippen LogP contribution in [0, 0.1) is 5.92 Å². The summed E-state index contributed by atoms with van der Waals surface area (Å²) < 4.78 is 5.38. The van der Waals surface area contributed by atoms with Gasteiger partial charge in [-0.05, 0) is 36.6 Å². The highest BCUT2D eigenvalue weighted by molar-refractivity contribution is 5.79. The zero-order chi connectivity index (χ0) is 16.8. The largest absolute Gasteiger partial charge is 0.356 e. The molecule has 1 N–H and O–H groups in total. The Morgan fingerprint density at radius 2 is 2.21 bits per heavy atom. The highest BCUT2D eigenvalue weighted by atomic mass is 16.5. The molecule has 1 aromatic carbocycles. The number of rotatable bonds is 6. The zero-order valence-corrected chi connectivity index (χ0v) is 14.1. The summed E-state index contributed by atoms with van der Waals surface area (Å²) in [6.07, 6.45) is 3.98. The average molecular weight is 328 g/mol. The topological polar surface area (TPSA) is 71.3 Å². The number of anilines is 1. The smallest absolute Gasteiger partial charge is 0.266 e. The Hall–Kier alpha value is -2.37. The molecular formula is C18H24N4O2. The summed E-state index contributed by atoms with van der Waals surface area (Å²) in [5, 5.41) is 7.12. The van der Waals surface area contributed by atoms with Crippen LogP contribution < -0.4 is 10.2 Å². The summed E-state index contributed by atoms with van der Waals surface area (Å²) in [5.41, 5.74) is 0.905. The van der Waals surface area contributed by atoms with Gasteiger partial charge in [-0.3, -0.25) is 4.79 Å². The van der Waals surface area contributed by atoms with Crippen LogP contribution in [0.5, 0.6) is 0 Å². The van der Waals surface area contributed by atoms with Gasteiger partial charge in [-0.2, -0.15) is 4.98 Å². The van der Waals surface area contributed by atoms with Gasteiger partial charge in [-0.25, -0.2) is 0 Å². The van der Waals surface area contributed by atoms with Crippen molar-refractivity contribution in [3.8, 4) is 11.5 Å². The van der Waals surface area contributed by atoms with Gasteiger partial charge in [0.05, 0.1) is 5.92 Å². The maximum absolute atomic E-state index is 12.3. The molecule has 0 spiro atoms. The predicted molar refractivity (Wildman–Crippen MR) is 92.6 cm³/mol. The second kappa shape index (κ2) is 7.95. The van der Waals surface area contributed by atoms with Crippen molar-refractivity contribution in [1.82, 2.24) is 15.5 Å². The second-order valence-electron chi connectivity index (χ2n) is 6.20. The van der Waals surface area contributed by atoms with Crippen LogP contribution in [0.2, 0.25) is 0 Å². The number of carbonyl (C=O) groups is 1. The van der Waals surface area contributed by atoms with Crippen molar-refractivity contribution in [3.05, 3.63) is 30.3 Å². The molecule has 1 amide bonds. The van der Waals surface area contributed by atoms with Gasteiger partial charge in [0.25, 0.3) is 11.8 Å². The molecule has 1 aliphatic heterocycles. The number of nitrogens with one attached hydrogen (secondary N) is 1. The first-order valence-corrected chi connectivity index (χ1v) is 8.69. The van der Waals surface area contributed by atoms with Gasteiger partial charge >= 0.3 is 0 Å². The minimum absolute atomic E-state index is 0.00529. The van der Waals surface area contributed by atoms with Crippen LogP contribution in [0.3, 0.4) is 0 Å². The van der Waals surface area contributed by atoms with Crippen LogP contribution in [0.1, 0.15) is 32.6 Å². The third kappa shape index (κ3) is 3.93. The van der Waals surface area contributed by atoms with Crippen LogP contribution in [0.25, 0.3) is 11.5 Å². The van der Waals surface area contributed by atoms with Crippen molar-refractivity contribution < 1.29 is 9.32 Å². The van der Waals surface area contributed by atoms with E-state index in [-0.39, 0.29) is 11.8 Å². The second-order valence-corrected chi connectivity index (χ2v) is 6.20. The summed E-state index contributed by atoms with van der Waals surface area (Å²) >= 11 is 0. The molecule has 1 atom stereocenters. The molecule has 2 heterocycles. The molecule has 6 nitrogen and oxygen atoms in total. The van der Waals surface area contributed by atoms with E-state index in [0.717, 1.165) is 44.3 Å². The van der Waals surface area contributed by atoms with E-state index in [1.807, 2.05) is 35.2 Å². The molecule has 128 valence electrons. The van der Waals surface area contributed by atoms with E-state index in [2.05, 4.69) is 22.4 Å². The number of hydrogen-bond acceptors (Lipinski definition) is 5. The van der Waals surface area contributed by atoms with Crippen LogP contribution in [-0.4, -0.2) is 35.7 Å².